The number of hydrogen-bond donors (Lipinski definition) is 2. The van der Waals surface area contributed by atoms with Gasteiger partial charge in [0, 0.05) is 29.9 Å². The fourth-order valence-corrected chi connectivity index (χ4v) is 3.83. The van der Waals surface area contributed by atoms with Crippen LogP contribution in [0.1, 0.15) is 46.6 Å². The Morgan fingerprint density at radius 1 is 1.19 bits per heavy atom. The van der Waals surface area contributed by atoms with Crippen LogP contribution in [0.25, 0.3) is 0 Å². The summed E-state index contributed by atoms with van der Waals surface area (Å²) in [5.41, 5.74) is 9.92. The van der Waals surface area contributed by atoms with Crippen LogP contribution >= 0.6 is 0 Å². The first kappa shape index (κ1) is 17.5. The highest BCUT2D eigenvalue weighted by atomic mass is 16.2. The van der Waals surface area contributed by atoms with Gasteiger partial charge in [0.2, 0.25) is 11.9 Å². The van der Waals surface area contributed by atoms with E-state index in [1.54, 1.807) is 4.90 Å². The number of carbonyl (C=O) groups is 2. The van der Waals surface area contributed by atoms with E-state index in [4.69, 9.17) is 5.73 Å². The average Bonchev–Trinajstić information content (AvgIpc) is 3.01. The second-order valence-corrected chi connectivity index (χ2v) is 7.28. The Labute approximate surface area is 158 Å². The molecule has 140 valence electrons. The lowest BCUT2D eigenvalue weighted by Gasteiger charge is -2.20. The molecule has 1 aliphatic heterocycles. The summed E-state index contributed by atoms with van der Waals surface area (Å²) in [5.74, 6) is -0.135. The summed E-state index contributed by atoms with van der Waals surface area (Å²) < 4.78 is 0. The molecule has 0 spiro atoms. The van der Waals surface area contributed by atoms with Gasteiger partial charge in [-0.25, -0.2) is 9.97 Å². The molecule has 3 N–H and O–H groups in total. The topological polar surface area (TPSA) is 101 Å². The molecule has 1 atom stereocenters. The van der Waals surface area contributed by atoms with Crippen LogP contribution in [0.4, 0.5) is 11.6 Å². The van der Waals surface area contributed by atoms with Crippen LogP contribution in [0.2, 0.25) is 0 Å². The van der Waals surface area contributed by atoms with Crippen LogP contribution in [0.5, 0.6) is 0 Å². The molecule has 7 heteroatoms. The van der Waals surface area contributed by atoms with Crippen molar-refractivity contribution in [2.45, 2.75) is 45.1 Å². The van der Waals surface area contributed by atoms with E-state index in [1.807, 2.05) is 31.2 Å². The molecule has 0 radical (unpaired) electrons. The number of anilines is 2. The van der Waals surface area contributed by atoms with E-state index in [-0.39, 0.29) is 30.2 Å². The van der Waals surface area contributed by atoms with Crippen molar-refractivity contribution in [1.29, 1.82) is 0 Å². The number of nitrogen functional groups attached to an aromatic ring is 1. The molecular formula is C20H23N5O2. The maximum atomic E-state index is 12.8. The van der Waals surface area contributed by atoms with E-state index in [0.717, 1.165) is 48.2 Å². The summed E-state index contributed by atoms with van der Waals surface area (Å²) >= 11 is 0. The smallest absolute Gasteiger partial charge is 0.270 e. The van der Waals surface area contributed by atoms with Crippen LogP contribution in [-0.4, -0.2) is 34.4 Å². The van der Waals surface area contributed by atoms with Gasteiger partial charge in [-0.2, -0.15) is 0 Å². The van der Waals surface area contributed by atoms with E-state index in [9.17, 15) is 9.59 Å². The first-order valence-electron chi connectivity index (χ1n) is 9.34. The number of aryl methyl sites for hydroxylation is 2. The predicted octanol–water partition coefficient (Wildman–Crippen LogP) is 1.78. The van der Waals surface area contributed by atoms with Gasteiger partial charge in [-0.1, -0.05) is 17.7 Å². The van der Waals surface area contributed by atoms with Crippen molar-refractivity contribution in [3.05, 3.63) is 46.8 Å². The molecule has 0 saturated carbocycles. The molecule has 2 amide bonds. The lowest BCUT2D eigenvalue weighted by molar-refractivity contribution is -0.117. The second kappa shape index (κ2) is 6.98. The largest absolute Gasteiger partial charge is 0.368 e. The number of hydrogen-bond acceptors (Lipinski definition) is 5. The van der Waals surface area contributed by atoms with Crippen molar-refractivity contribution >= 4 is 23.5 Å². The lowest BCUT2D eigenvalue weighted by atomic mass is 9.94. The Bertz CT molecular complexity index is 894. The van der Waals surface area contributed by atoms with E-state index >= 15 is 0 Å². The SMILES string of the molecule is Cc1ccc(N2C[C@@H](NC(=O)c3nc(N)nc4c3CCCC4)CC2=O)cc1. The van der Waals surface area contributed by atoms with E-state index in [0.29, 0.717) is 12.2 Å². The van der Waals surface area contributed by atoms with Gasteiger partial charge in [-0.3, -0.25) is 9.59 Å². The molecule has 27 heavy (non-hydrogen) atoms. The molecular weight excluding hydrogens is 342 g/mol. The quantitative estimate of drug-likeness (QED) is 0.863. The molecule has 4 rings (SSSR count). The van der Waals surface area contributed by atoms with Gasteiger partial charge in [0.15, 0.2) is 0 Å². The number of nitrogens with zero attached hydrogens (tertiary/aromatic N) is 3. The third-order valence-corrected chi connectivity index (χ3v) is 5.22. The van der Waals surface area contributed by atoms with Crippen LogP contribution in [-0.2, 0) is 17.6 Å². The molecule has 2 aromatic rings. The highest BCUT2D eigenvalue weighted by Crippen LogP contribution is 2.25. The first-order chi connectivity index (χ1) is 13.0. The molecule has 1 fully saturated rings. The zero-order valence-electron chi connectivity index (χ0n) is 15.4. The van der Waals surface area contributed by atoms with Crippen molar-refractivity contribution in [1.82, 2.24) is 15.3 Å². The summed E-state index contributed by atoms with van der Waals surface area (Å²) in [4.78, 5) is 35.4. The Kier molecular flexibility index (Phi) is 4.51. The molecule has 1 aromatic carbocycles. The fourth-order valence-electron chi connectivity index (χ4n) is 3.83. The van der Waals surface area contributed by atoms with Gasteiger partial charge < -0.3 is 16.0 Å². The minimum atomic E-state index is -0.272. The standard InChI is InChI=1S/C20H23N5O2/c1-12-6-8-14(9-7-12)25-11-13(10-17(25)26)22-19(27)18-15-4-2-3-5-16(15)23-20(21)24-18/h6-9,13H,2-5,10-11H2,1H3,(H,22,27)(H2,21,23,24)/t13-/m0/s1. The monoisotopic (exact) mass is 365 g/mol. The summed E-state index contributed by atoms with van der Waals surface area (Å²) in [6.45, 7) is 2.46. The molecule has 1 aromatic heterocycles. The van der Waals surface area contributed by atoms with Crippen molar-refractivity contribution in [2.75, 3.05) is 17.2 Å². The van der Waals surface area contributed by atoms with E-state index in [1.165, 1.54) is 0 Å². The number of nitrogens with one attached hydrogen (secondary N) is 1. The Morgan fingerprint density at radius 3 is 2.70 bits per heavy atom. The van der Waals surface area contributed by atoms with Crippen LogP contribution in [0.3, 0.4) is 0 Å². The van der Waals surface area contributed by atoms with Gasteiger partial charge in [0.1, 0.15) is 5.69 Å². The van der Waals surface area contributed by atoms with Crippen LogP contribution < -0.4 is 16.0 Å². The molecule has 1 saturated heterocycles. The molecule has 1 aliphatic carbocycles. The van der Waals surface area contributed by atoms with Crippen molar-refractivity contribution < 1.29 is 9.59 Å². The first-order valence-corrected chi connectivity index (χ1v) is 9.34. The number of nitrogens with two attached hydrogens (primary N) is 1. The Morgan fingerprint density at radius 2 is 1.93 bits per heavy atom. The van der Waals surface area contributed by atoms with Gasteiger partial charge in [-0.05, 0) is 44.7 Å². The Hall–Kier alpha value is -2.96. The third kappa shape index (κ3) is 3.49. The maximum absolute atomic E-state index is 12.8. The molecule has 2 aliphatic rings. The van der Waals surface area contributed by atoms with Crippen LogP contribution in [0.15, 0.2) is 24.3 Å². The molecule has 2 heterocycles. The average molecular weight is 365 g/mol. The van der Waals surface area contributed by atoms with Gasteiger partial charge in [-0.15, -0.1) is 0 Å². The second-order valence-electron chi connectivity index (χ2n) is 7.28. The van der Waals surface area contributed by atoms with Gasteiger partial charge in [0.05, 0.1) is 6.04 Å². The number of fused-ring (bicyclic) bond motifs is 1. The van der Waals surface area contributed by atoms with E-state index in [2.05, 4.69) is 15.3 Å². The minimum Gasteiger partial charge on any atom is -0.368 e. The summed E-state index contributed by atoms with van der Waals surface area (Å²) in [7, 11) is 0. The number of carbonyl (C=O) groups excluding carboxylic acids is 2. The number of rotatable bonds is 3. The summed E-state index contributed by atoms with van der Waals surface area (Å²) in [6.07, 6.45) is 3.96. The molecule has 0 unspecified atom stereocenters. The fraction of sp³-hybridized carbons (Fsp3) is 0.400. The van der Waals surface area contributed by atoms with Crippen molar-refractivity contribution in [2.24, 2.45) is 0 Å². The normalized spacial score (nSPS) is 19.1. The van der Waals surface area contributed by atoms with Crippen molar-refractivity contribution in [3.63, 3.8) is 0 Å². The third-order valence-electron chi connectivity index (χ3n) is 5.22. The zero-order valence-corrected chi connectivity index (χ0v) is 15.4. The number of aromatic nitrogens is 2. The number of benzene rings is 1. The molecule has 0 bridgehead atoms. The summed E-state index contributed by atoms with van der Waals surface area (Å²) in [6, 6.07) is 7.56. The van der Waals surface area contributed by atoms with Crippen LogP contribution in [0, 0.1) is 6.92 Å². The van der Waals surface area contributed by atoms with Gasteiger partial charge >= 0.3 is 0 Å². The van der Waals surface area contributed by atoms with Gasteiger partial charge in [0.25, 0.3) is 5.91 Å². The number of amides is 2. The maximum Gasteiger partial charge on any atom is 0.270 e. The van der Waals surface area contributed by atoms with Crippen molar-refractivity contribution in [3.8, 4) is 0 Å². The highest BCUT2D eigenvalue weighted by Gasteiger charge is 2.33. The Balaban J connectivity index is 1.50. The van der Waals surface area contributed by atoms with E-state index < -0.39 is 0 Å². The lowest BCUT2D eigenvalue weighted by Crippen LogP contribution is -2.38. The predicted molar refractivity (Wildman–Crippen MR) is 102 cm³/mol. The highest BCUT2D eigenvalue weighted by molar-refractivity contribution is 5.99. The zero-order chi connectivity index (χ0) is 19.0. The summed E-state index contributed by atoms with van der Waals surface area (Å²) in [5, 5.41) is 2.97. The minimum absolute atomic E-state index is 0.00776. The molecule has 7 nitrogen and oxygen atoms in total.